The quantitative estimate of drug-likeness (QED) is 0.576. The molecule has 0 amide bonds. The third-order valence-electron chi connectivity index (χ3n) is 2.39. The first-order chi connectivity index (χ1) is 6.29. The second-order valence-electron chi connectivity index (χ2n) is 3.36. The van der Waals surface area contributed by atoms with E-state index in [-0.39, 0.29) is 0 Å². The smallest absolute Gasteiger partial charge is 0.0960 e. The lowest BCUT2D eigenvalue weighted by Crippen LogP contribution is -2.27. The van der Waals surface area contributed by atoms with Gasteiger partial charge in [0.15, 0.2) is 0 Å². The Morgan fingerprint density at radius 1 is 1.62 bits per heavy atom. The van der Waals surface area contributed by atoms with E-state index in [1.165, 1.54) is 18.5 Å². The van der Waals surface area contributed by atoms with Crippen LogP contribution >= 0.6 is 11.9 Å². The molecule has 1 aliphatic heterocycles. The SMILES string of the molecule is C=C1NC2=CC(SNC)CCC2N1. The molecule has 1 saturated heterocycles. The number of hydrogen-bond acceptors (Lipinski definition) is 4. The van der Waals surface area contributed by atoms with Crippen molar-refractivity contribution >= 4 is 11.9 Å². The van der Waals surface area contributed by atoms with E-state index < -0.39 is 0 Å². The molecule has 1 fully saturated rings. The van der Waals surface area contributed by atoms with Crippen LogP contribution in [0.15, 0.2) is 24.2 Å². The second-order valence-corrected chi connectivity index (χ2v) is 4.61. The van der Waals surface area contributed by atoms with Gasteiger partial charge in [0.05, 0.1) is 11.9 Å². The first kappa shape index (κ1) is 8.97. The van der Waals surface area contributed by atoms with E-state index in [4.69, 9.17) is 0 Å². The van der Waals surface area contributed by atoms with Gasteiger partial charge in [-0.15, -0.1) is 0 Å². The van der Waals surface area contributed by atoms with Gasteiger partial charge in [0, 0.05) is 10.9 Å². The molecule has 1 heterocycles. The highest BCUT2D eigenvalue weighted by Gasteiger charge is 2.27. The Morgan fingerprint density at radius 3 is 3.23 bits per heavy atom. The predicted molar refractivity (Wildman–Crippen MR) is 57.0 cm³/mol. The summed E-state index contributed by atoms with van der Waals surface area (Å²) in [6, 6.07) is 0.487. The average molecular weight is 197 g/mol. The highest BCUT2D eigenvalue weighted by Crippen LogP contribution is 2.27. The number of rotatable bonds is 2. The fraction of sp³-hybridized carbons (Fsp3) is 0.556. The summed E-state index contributed by atoms with van der Waals surface area (Å²) in [4.78, 5) is 0. The molecule has 13 heavy (non-hydrogen) atoms. The molecule has 3 N–H and O–H groups in total. The Kier molecular flexibility index (Phi) is 2.51. The van der Waals surface area contributed by atoms with Gasteiger partial charge in [0.2, 0.25) is 0 Å². The molecule has 1 aliphatic carbocycles. The summed E-state index contributed by atoms with van der Waals surface area (Å²) in [7, 11) is 1.97. The minimum atomic E-state index is 0.487. The molecule has 4 heteroatoms. The van der Waals surface area contributed by atoms with Crippen LogP contribution < -0.4 is 15.4 Å². The van der Waals surface area contributed by atoms with Crippen LogP contribution in [0.2, 0.25) is 0 Å². The summed E-state index contributed by atoms with van der Waals surface area (Å²) in [6.45, 7) is 3.86. The van der Waals surface area contributed by atoms with Gasteiger partial charge in [-0.05, 0) is 26.0 Å². The summed E-state index contributed by atoms with van der Waals surface area (Å²) in [5.74, 6) is 0.936. The van der Waals surface area contributed by atoms with Crippen LogP contribution in [0.25, 0.3) is 0 Å². The van der Waals surface area contributed by atoms with E-state index in [0.717, 1.165) is 5.82 Å². The van der Waals surface area contributed by atoms with E-state index >= 15 is 0 Å². The summed E-state index contributed by atoms with van der Waals surface area (Å²) in [5.41, 5.74) is 1.30. The van der Waals surface area contributed by atoms with Crippen molar-refractivity contribution in [1.29, 1.82) is 0 Å². The average Bonchev–Trinajstić information content (AvgIpc) is 2.44. The molecule has 0 spiro atoms. The Bertz CT molecular complexity index is 249. The predicted octanol–water partition coefficient (Wildman–Crippen LogP) is 0.933. The van der Waals surface area contributed by atoms with Gasteiger partial charge < -0.3 is 10.6 Å². The van der Waals surface area contributed by atoms with Crippen molar-refractivity contribution in [2.45, 2.75) is 24.1 Å². The van der Waals surface area contributed by atoms with Gasteiger partial charge in [-0.25, -0.2) is 0 Å². The fourth-order valence-corrected chi connectivity index (χ4v) is 2.60. The van der Waals surface area contributed by atoms with Crippen molar-refractivity contribution in [3.63, 3.8) is 0 Å². The molecule has 0 radical (unpaired) electrons. The van der Waals surface area contributed by atoms with E-state index in [0.29, 0.717) is 11.3 Å². The number of fused-ring (bicyclic) bond motifs is 1. The molecule has 2 rings (SSSR count). The maximum atomic E-state index is 3.86. The molecule has 2 atom stereocenters. The summed E-state index contributed by atoms with van der Waals surface area (Å²) >= 11 is 1.78. The highest BCUT2D eigenvalue weighted by atomic mass is 32.2. The van der Waals surface area contributed by atoms with Crippen molar-refractivity contribution in [3.8, 4) is 0 Å². The molecular weight excluding hydrogens is 182 g/mol. The zero-order chi connectivity index (χ0) is 9.26. The van der Waals surface area contributed by atoms with Crippen LogP contribution in [0.1, 0.15) is 12.8 Å². The third kappa shape index (κ3) is 1.84. The molecule has 0 saturated carbocycles. The lowest BCUT2D eigenvalue weighted by atomic mass is 10.0. The van der Waals surface area contributed by atoms with E-state index in [2.05, 4.69) is 28.0 Å². The van der Waals surface area contributed by atoms with Gasteiger partial charge in [-0.1, -0.05) is 18.5 Å². The van der Waals surface area contributed by atoms with Crippen LogP contribution in [0.5, 0.6) is 0 Å². The second kappa shape index (κ2) is 3.64. The number of nitrogens with one attached hydrogen (secondary N) is 3. The zero-order valence-corrected chi connectivity index (χ0v) is 8.58. The summed E-state index contributed by atoms with van der Waals surface area (Å²) in [5, 5.41) is 7.17. The van der Waals surface area contributed by atoms with Crippen molar-refractivity contribution in [2.24, 2.45) is 0 Å². The maximum absolute atomic E-state index is 3.86. The molecule has 72 valence electrons. The monoisotopic (exact) mass is 197 g/mol. The third-order valence-corrected chi connectivity index (χ3v) is 3.30. The lowest BCUT2D eigenvalue weighted by molar-refractivity contribution is 0.586. The molecule has 0 aromatic carbocycles. The van der Waals surface area contributed by atoms with Gasteiger partial charge >= 0.3 is 0 Å². The van der Waals surface area contributed by atoms with Crippen LogP contribution in [-0.4, -0.2) is 18.3 Å². The Hall–Kier alpha value is -0.610. The molecular formula is C9H15N3S. The molecule has 3 nitrogen and oxygen atoms in total. The minimum absolute atomic E-state index is 0.487. The topological polar surface area (TPSA) is 36.1 Å². The lowest BCUT2D eigenvalue weighted by Gasteiger charge is -2.22. The van der Waals surface area contributed by atoms with Crippen LogP contribution in [-0.2, 0) is 0 Å². The molecule has 2 unspecified atom stereocenters. The van der Waals surface area contributed by atoms with Crippen molar-refractivity contribution in [3.05, 3.63) is 24.2 Å². The Labute approximate surface area is 83.2 Å². The van der Waals surface area contributed by atoms with Gasteiger partial charge in [-0.3, -0.25) is 4.72 Å². The van der Waals surface area contributed by atoms with Gasteiger partial charge in [0.25, 0.3) is 0 Å². The zero-order valence-electron chi connectivity index (χ0n) is 7.76. The van der Waals surface area contributed by atoms with Gasteiger partial charge in [0.1, 0.15) is 0 Å². The molecule has 0 aromatic rings. The standard InChI is InChI=1S/C9H15N3S/c1-6-11-8-4-3-7(13-10-2)5-9(8)12-6/h5,7-8,10-12H,1,3-4H2,2H3. The van der Waals surface area contributed by atoms with Crippen molar-refractivity contribution in [2.75, 3.05) is 7.05 Å². The van der Waals surface area contributed by atoms with Crippen molar-refractivity contribution < 1.29 is 0 Å². The van der Waals surface area contributed by atoms with E-state index in [1.54, 1.807) is 11.9 Å². The fourth-order valence-electron chi connectivity index (χ4n) is 1.83. The van der Waals surface area contributed by atoms with E-state index in [1.807, 2.05) is 7.05 Å². The number of hydrogen-bond donors (Lipinski definition) is 3. The Balaban J connectivity index is 2.05. The van der Waals surface area contributed by atoms with Crippen molar-refractivity contribution in [1.82, 2.24) is 15.4 Å². The largest absolute Gasteiger partial charge is 0.364 e. The summed E-state index contributed by atoms with van der Waals surface area (Å²) in [6.07, 6.45) is 4.71. The maximum Gasteiger partial charge on any atom is 0.0960 e. The Morgan fingerprint density at radius 2 is 2.46 bits per heavy atom. The molecule has 2 aliphatic rings. The van der Waals surface area contributed by atoms with E-state index in [9.17, 15) is 0 Å². The van der Waals surface area contributed by atoms with Gasteiger partial charge in [-0.2, -0.15) is 0 Å². The first-order valence-corrected chi connectivity index (χ1v) is 5.44. The highest BCUT2D eigenvalue weighted by molar-refractivity contribution is 7.98. The minimum Gasteiger partial charge on any atom is -0.364 e. The molecule has 0 aromatic heterocycles. The first-order valence-electron chi connectivity index (χ1n) is 4.56. The van der Waals surface area contributed by atoms with Crippen LogP contribution in [0, 0.1) is 0 Å². The van der Waals surface area contributed by atoms with Crippen LogP contribution in [0.3, 0.4) is 0 Å². The van der Waals surface area contributed by atoms with Crippen LogP contribution in [0.4, 0.5) is 0 Å². The normalized spacial score (nSPS) is 31.8. The molecule has 0 bridgehead atoms. The summed E-state index contributed by atoms with van der Waals surface area (Å²) < 4.78 is 3.13.